The van der Waals surface area contributed by atoms with Gasteiger partial charge in [-0.1, -0.05) is 13.8 Å². The minimum atomic E-state index is -0.672. The van der Waals surface area contributed by atoms with Crippen LogP contribution in [0, 0.1) is 28.6 Å². The summed E-state index contributed by atoms with van der Waals surface area (Å²) in [6, 6.07) is 0. The number of hydrogen-bond donors (Lipinski definition) is 0. The van der Waals surface area contributed by atoms with E-state index in [1.54, 1.807) is 0 Å². The average molecular weight is 332 g/mol. The lowest BCUT2D eigenvalue weighted by molar-refractivity contribution is -0.136. The number of halogens is 1. The van der Waals surface area contributed by atoms with Crippen LogP contribution in [0.3, 0.4) is 0 Å². The van der Waals surface area contributed by atoms with Crippen LogP contribution in [0.4, 0.5) is 4.39 Å². The zero-order valence-electron chi connectivity index (χ0n) is 14.4. The maximum Gasteiger partial charge on any atom is 0.164 e. The molecule has 2 unspecified atom stereocenters. The van der Waals surface area contributed by atoms with Crippen LogP contribution >= 0.6 is 0 Å². The van der Waals surface area contributed by atoms with Gasteiger partial charge in [-0.25, -0.2) is 4.39 Å². The summed E-state index contributed by atoms with van der Waals surface area (Å²) in [6.45, 7) is 4.36. The smallest absolute Gasteiger partial charge is 0.164 e. The predicted molar refractivity (Wildman–Crippen MR) is 85.8 cm³/mol. The normalized spacial score (nSPS) is 57.2. The molecule has 4 saturated carbocycles. The van der Waals surface area contributed by atoms with Gasteiger partial charge in [-0.05, 0) is 55.4 Å². The van der Waals surface area contributed by atoms with Crippen molar-refractivity contribution in [3.8, 4) is 0 Å². The molecule has 4 heteroatoms. The fourth-order valence-corrected chi connectivity index (χ4v) is 7.32. The second-order valence-electron chi connectivity index (χ2n) is 9.25. The highest BCUT2D eigenvalue weighted by molar-refractivity contribution is 5.90. The number of Topliss-reactive ketones (excluding diaryl/α,β-unsaturated/α-hetero) is 2. The summed E-state index contributed by atoms with van der Waals surface area (Å²) in [6.07, 6.45) is 5.87. The molecule has 0 aromatic heterocycles. The van der Waals surface area contributed by atoms with Gasteiger partial charge in [0.25, 0.3) is 0 Å². The van der Waals surface area contributed by atoms with E-state index in [4.69, 9.17) is 4.74 Å². The number of carbonyl (C=O) groups is 2. The van der Waals surface area contributed by atoms with Crippen molar-refractivity contribution in [3.63, 3.8) is 0 Å². The van der Waals surface area contributed by atoms with Crippen molar-refractivity contribution in [3.05, 3.63) is 11.9 Å². The van der Waals surface area contributed by atoms with Gasteiger partial charge in [0.1, 0.15) is 11.4 Å². The third kappa shape index (κ3) is 1.45. The van der Waals surface area contributed by atoms with Gasteiger partial charge in [-0.3, -0.25) is 9.59 Å². The lowest BCUT2D eigenvalue weighted by atomic mass is 9.44. The van der Waals surface area contributed by atoms with E-state index < -0.39 is 11.7 Å². The van der Waals surface area contributed by atoms with Crippen molar-refractivity contribution in [2.45, 2.75) is 70.5 Å². The zero-order chi connectivity index (χ0) is 16.9. The lowest BCUT2D eigenvalue weighted by Crippen LogP contribution is -2.59. The van der Waals surface area contributed by atoms with Gasteiger partial charge in [0.05, 0.1) is 6.33 Å². The molecular weight excluding hydrogens is 307 g/mol. The molecule has 0 amide bonds. The molecule has 5 rings (SSSR count). The highest BCUT2D eigenvalue weighted by Gasteiger charge is 2.78. The molecule has 5 fully saturated rings. The van der Waals surface area contributed by atoms with Crippen molar-refractivity contribution < 1.29 is 18.7 Å². The SMILES string of the molecule is C[C@]12CC[C@H]3[C@@H](CC(=CF)C45OC4C(=O)CC[C@]35C)[C@@H]1CCC2=O. The number of hydrogen-bond acceptors (Lipinski definition) is 3. The lowest BCUT2D eigenvalue weighted by Gasteiger charge is -2.58. The highest BCUT2D eigenvalue weighted by atomic mass is 19.1. The summed E-state index contributed by atoms with van der Waals surface area (Å²) in [5.74, 6) is 1.69. The Bertz CT molecular complexity index is 684. The van der Waals surface area contributed by atoms with E-state index in [9.17, 15) is 14.0 Å². The number of fused-ring (bicyclic) bond motifs is 4. The number of epoxide rings is 1. The molecule has 130 valence electrons. The van der Waals surface area contributed by atoms with E-state index in [2.05, 4.69) is 13.8 Å². The molecule has 24 heavy (non-hydrogen) atoms. The molecule has 1 aliphatic heterocycles. The number of carbonyl (C=O) groups excluding carboxylic acids is 2. The summed E-state index contributed by atoms with van der Waals surface area (Å²) < 4.78 is 19.8. The largest absolute Gasteiger partial charge is 0.352 e. The monoisotopic (exact) mass is 332 g/mol. The molecule has 4 aliphatic carbocycles. The van der Waals surface area contributed by atoms with Crippen LogP contribution in [0.1, 0.15) is 58.8 Å². The van der Waals surface area contributed by atoms with Crippen LogP contribution in [0.25, 0.3) is 0 Å². The Morgan fingerprint density at radius 2 is 1.92 bits per heavy atom. The van der Waals surface area contributed by atoms with Gasteiger partial charge in [-0.15, -0.1) is 0 Å². The van der Waals surface area contributed by atoms with E-state index in [1.165, 1.54) is 0 Å². The van der Waals surface area contributed by atoms with E-state index in [-0.39, 0.29) is 16.6 Å². The minimum absolute atomic E-state index is 0.141. The Balaban J connectivity index is 1.60. The van der Waals surface area contributed by atoms with Crippen LogP contribution in [0.2, 0.25) is 0 Å². The first-order valence-corrected chi connectivity index (χ1v) is 9.42. The molecule has 0 aromatic carbocycles. The molecular formula is C20H25FO3. The second kappa shape index (κ2) is 4.38. The molecule has 0 aromatic rings. The number of ketones is 2. The predicted octanol–water partition coefficient (Wildman–Crippen LogP) is 3.76. The van der Waals surface area contributed by atoms with Gasteiger partial charge in [0.2, 0.25) is 0 Å². The quantitative estimate of drug-likeness (QED) is 0.635. The summed E-state index contributed by atoms with van der Waals surface area (Å²) >= 11 is 0. The molecule has 3 nitrogen and oxygen atoms in total. The zero-order valence-corrected chi connectivity index (χ0v) is 14.4. The molecule has 7 atom stereocenters. The van der Waals surface area contributed by atoms with Crippen molar-refractivity contribution >= 4 is 11.6 Å². The Kier molecular flexibility index (Phi) is 2.78. The van der Waals surface area contributed by atoms with Crippen LogP contribution < -0.4 is 0 Å². The van der Waals surface area contributed by atoms with Gasteiger partial charge in [0.15, 0.2) is 11.9 Å². The van der Waals surface area contributed by atoms with E-state index >= 15 is 0 Å². The van der Waals surface area contributed by atoms with Crippen LogP contribution in [-0.2, 0) is 14.3 Å². The third-order valence-corrected chi connectivity index (χ3v) is 8.68. The van der Waals surface area contributed by atoms with Gasteiger partial charge in [-0.2, -0.15) is 0 Å². The summed E-state index contributed by atoms with van der Waals surface area (Å²) in [4.78, 5) is 24.7. The Morgan fingerprint density at radius 1 is 1.12 bits per heavy atom. The summed E-state index contributed by atoms with van der Waals surface area (Å²) in [5, 5.41) is 0. The first-order valence-electron chi connectivity index (χ1n) is 9.42. The van der Waals surface area contributed by atoms with E-state index in [0.29, 0.717) is 48.4 Å². The molecule has 0 radical (unpaired) electrons. The van der Waals surface area contributed by atoms with Crippen LogP contribution in [-0.4, -0.2) is 23.3 Å². The summed E-state index contributed by atoms with van der Waals surface area (Å²) in [5.41, 5.74) is -0.362. The molecule has 0 N–H and O–H groups in total. The molecule has 1 spiro atoms. The van der Waals surface area contributed by atoms with Crippen LogP contribution in [0.5, 0.6) is 0 Å². The maximum absolute atomic E-state index is 13.9. The molecule has 1 heterocycles. The third-order valence-electron chi connectivity index (χ3n) is 8.68. The van der Waals surface area contributed by atoms with Crippen LogP contribution in [0.15, 0.2) is 11.9 Å². The van der Waals surface area contributed by atoms with Gasteiger partial charge < -0.3 is 4.74 Å². The maximum atomic E-state index is 13.9. The van der Waals surface area contributed by atoms with E-state index in [1.807, 2.05) is 0 Å². The molecule has 5 aliphatic rings. The van der Waals surface area contributed by atoms with Crippen molar-refractivity contribution in [2.24, 2.45) is 28.6 Å². The Morgan fingerprint density at radius 3 is 2.67 bits per heavy atom. The van der Waals surface area contributed by atoms with Crippen molar-refractivity contribution in [1.29, 1.82) is 0 Å². The van der Waals surface area contributed by atoms with Crippen molar-refractivity contribution in [2.75, 3.05) is 0 Å². The van der Waals surface area contributed by atoms with Crippen molar-refractivity contribution in [1.82, 2.24) is 0 Å². The Hall–Kier alpha value is -1.03. The fourth-order valence-electron chi connectivity index (χ4n) is 7.32. The molecule has 0 bridgehead atoms. The highest BCUT2D eigenvalue weighted by Crippen LogP contribution is 2.73. The number of ether oxygens (including phenoxy) is 1. The fraction of sp³-hybridized carbons (Fsp3) is 0.800. The Labute approximate surface area is 142 Å². The minimum Gasteiger partial charge on any atom is -0.352 e. The molecule has 1 saturated heterocycles. The first-order chi connectivity index (χ1) is 11.4. The average Bonchev–Trinajstić information content (AvgIpc) is 3.25. The van der Waals surface area contributed by atoms with Gasteiger partial charge >= 0.3 is 0 Å². The second-order valence-corrected chi connectivity index (χ2v) is 9.25. The first kappa shape index (κ1) is 15.2. The van der Waals surface area contributed by atoms with Gasteiger partial charge in [0, 0.05) is 23.7 Å². The topological polar surface area (TPSA) is 46.7 Å². The standard InChI is InChI=1S/C20H25FO3/c1-18-7-5-14-12(13(18)3-4-16(18)23)9-11(10-21)20-17(24-20)15(22)6-8-19(14,20)2/h10,12-14,17H,3-9H2,1-2H3/t12-,13-,14-,17?,18-,19+,20?/m0/s1. The summed E-state index contributed by atoms with van der Waals surface area (Å²) in [7, 11) is 0. The number of rotatable bonds is 0. The van der Waals surface area contributed by atoms with E-state index in [0.717, 1.165) is 32.0 Å².